The molecule has 0 aliphatic heterocycles. The fourth-order valence-electron chi connectivity index (χ4n) is 2.66. The Balaban J connectivity index is 1.62. The number of benzene rings is 1. The van der Waals surface area contributed by atoms with Gasteiger partial charge >= 0.3 is 0 Å². The minimum atomic E-state index is -0.352. The molecule has 3 aromatic rings. The number of thiocarbonyl (C=S) groups is 1. The summed E-state index contributed by atoms with van der Waals surface area (Å²) in [5.41, 5.74) is 1.48. The van der Waals surface area contributed by atoms with E-state index < -0.39 is 0 Å². The lowest BCUT2D eigenvalue weighted by molar-refractivity contribution is 0.471. The summed E-state index contributed by atoms with van der Waals surface area (Å²) in [7, 11) is 1.90. The lowest BCUT2D eigenvalue weighted by atomic mass is 10.2. The van der Waals surface area contributed by atoms with Gasteiger partial charge in [-0.3, -0.25) is 9.36 Å². The van der Waals surface area contributed by atoms with E-state index in [0.717, 1.165) is 12.2 Å². The molecule has 27 heavy (non-hydrogen) atoms. The highest BCUT2D eigenvalue weighted by Gasteiger charge is 2.12. The molecule has 0 saturated carbocycles. The number of aromatic nitrogens is 4. The highest BCUT2D eigenvalue weighted by Crippen LogP contribution is 2.20. The summed E-state index contributed by atoms with van der Waals surface area (Å²) in [6.07, 6.45) is 3.53. The SMILES string of the molecule is CCn1nccc1CN(C)C(=S)Nc1ccn(Cc2c(F)cccc2Cl)n1. The molecule has 0 bridgehead atoms. The van der Waals surface area contributed by atoms with Crippen LogP contribution in [0.4, 0.5) is 10.2 Å². The van der Waals surface area contributed by atoms with Crippen molar-refractivity contribution < 1.29 is 4.39 Å². The third kappa shape index (κ3) is 4.64. The summed E-state index contributed by atoms with van der Waals surface area (Å²) in [6, 6.07) is 8.37. The molecule has 2 aromatic heterocycles. The summed E-state index contributed by atoms with van der Waals surface area (Å²) in [4.78, 5) is 1.91. The van der Waals surface area contributed by atoms with E-state index in [4.69, 9.17) is 23.8 Å². The Labute approximate surface area is 167 Å². The van der Waals surface area contributed by atoms with Crippen LogP contribution >= 0.6 is 23.8 Å². The molecule has 1 N–H and O–H groups in total. The van der Waals surface area contributed by atoms with Gasteiger partial charge in [-0.15, -0.1) is 0 Å². The van der Waals surface area contributed by atoms with Crippen LogP contribution in [0.25, 0.3) is 0 Å². The molecule has 0 aliphatic rings. The second-order valence-corrected chi connectivity index (χ2v) is 6.82. The molecule has 9 heteroatoms. The van der Waals surface area contributed by atoms with E-state index in [1.807, 2.05) is 29.6 Å². The Morgan fingerprint density at radius 1 is 1.33 bits per heavy atom. The molecule has 0 spiro atoms. The van der Waals surface area contributed by atoms with Gasteiger partial charge in [-0.25, -0.2) is 4.39 Å². The van der Waals surface area contributed by atoms with Gasteiger partial charge in [-0.2, -0.15) is 10.2 Å². The number of aryl methyl sites for hydroxylation is 1. The van der Waals surface area contributed by atoms with Crippen LogP contribution in [0.5, 0.6) is 0 Å². The summed E-state index contributed by atoms with van der Waals surface area (Å²) in [5, 5.41) is 12.7. The molecule has 0 fully saturated rings. The smallest absolute Gasteiger partial charge is 0.174 e. The first-order valence-electron chi connectivity index (χ1n) is 8.47. The number of hydrogen-bond donors (Lipinski definition) is 1. The van der Waals surface area contributed by atoms with E-state index in [2.05, 4.69) is 15.5 Å². The zero-order chi connectivity index (χ0) is 19.4. The number of halogens is 2. The largest absolute Gasteiger partial charge is 0.346 e. The standard InChI is InChI=1S/C18H20ClFN6S/c1-3-26-13(7-9-21-26)11-24(2)18(27)22-17-8-10-25(23-17)12-14-15(19)5-4-6-16(14)20/h4-10H,3,11-12H2,1-2H3,(H,22,23,27). The van der Waals surface area contributed by atoms with Crippen molar-refractivity contribution in [3.8, 4) is 0 Å². The van der Waals surface area contributed by atoms with Crippen LogP contribution in [0.15, 0.2) is 42.7 Å². The lowest BCUT2D eigenvalue weighted by Crippen LogP contribution is -2.31. The van der Waals surface area contributed by atoms with E-state index in [1.165, 1.54) is 6.07 Å². The quantitative estimate of drug-likeness (QED) is 0.631. The topological polar surface area (TPSA) is 50.9 Å². The zero-order valence-electron chi connectivity index (χ0n) is 15.1. The fourth-order valence-corrected chi connectivity index (χ4v) is 3.05. The molecule has 1 aromatic carbocycles. The Morgan fingerprint density at radius 2 is 2.15 bits per heavy atom. The van der Waals surface area contributed by atoms with E-state index >= 15 is 0 Å². The average molecular weight is 407 g/mol. The molecule has 3 rings (SSSR count). The molecule has 0 aliphatic carbocycles. The van der Waals surface area contributed by atoms with Gasteiger partial charge in [0, 0.05) is 42.6 Å². The van der Waals surface area contributed by atoms with E-state index in [1.54, 1.807) is 35.3 Å². The van der Waals surface area contributed by atoms with Crippen molar-refractivity contribution in [2.24, 2.45) is 0 Å². The van der Waals surface area contributed by atoms with E-state index in [9.17, 15) is 4.39 Å². The third-order valence-corrected chi connectivity index (χ3v) is 4.88. The molecule has 0 unspecified atom stereocenters. The summed E-state index contributed by atoms with van der Waals surface area (Å²) in [5.74, 6) is 0.235. The first-order valence-corrected chi connectivity index (χ1v) is 9.25. The van der Waals surface area contributed by atoms with Gasteiger partial charge in [0.15, 0.2) is 10.9 Å². The van der Waals surface area contributed by atoms with Crippen LogP contribution in [-0.4, -0.2) is 36.6 Å². The molecule has 142 valence electrons. The third-order valence-electron chi connectivity index (χ3n) is 4.11. The summed E-state index contributed by atoms with van der Waals surface area (Å²) >= 11 is 11.5. The predicted molar refractivity (Wildman–Crippen MR) is 108 cm³/mol. The number of rotatable bonds is 6. The zero-order valence-corrected chi connectivity index (χ0v) is 16.6. The lowest BCUT2D eigenvalue weighted by Gasteiger charge is -2.20. The molecule has 6 nitrogen and oxygen atoms in total. The van der Waals surface area contributed by atoms with Gasteiger partial charge in [0.25, 0.3) is 0 Å². The highest BCUT2D eigenvalue weighted by molar-refractivity contribution is 7.80. The van der Waals surface area contributed by atoms with Crippen molar-refractivity contribution in [2.45, 2.75) is 26.6 Å². The van der Waals surface area contributed by atoms with Crippen molar-refractivity contribution in [3.05, 3.63) is 64.8 Å². The van der Waals surface area contributed by atoms with Crippen LogP contribution in [0.1, 0.15) is 18.2 Å². The highest BCUT2D eigenvalue weighted by atomic mass is 35.5. The first kappa shape index (κ1) is 19.3. The Bertz CT molecular complexity index is 917. The van der Waals surface area contributed by atoms with E-state index in [0.29, 0.717) is 28.1 Å². The maximum absolute atomic E-state index is 13.9. The van der Waals surface area contributed by atoms with Crippen molar-refractivity contribution >= 4 is 34.7 Å². The molecular weight excluding hydrogens is 387 g/mol. The van der Waals surface area contributed by atoms with Crippen molar-refractivity contribution in [2.75, 3.05) is 12.4 Å². The van der Waals surface area contributed by atoms with Gasteiger partial charge in [0.2, 0.25) is 0 Å². The first-order chi connectivity index (χ1) is 13.0. The van der Waals surface area contributed by atoms with Gasteiger partial charge in [0.1, 0.15) is 5.82 Å². The normalized spacial score (nSPS) is 10.8. The Kier molecular flexibility index (Phi) is 6.08. The van der Waals surface area contributed by atoms with Crippen molar-refractivity contribution in [1.29, 1.82) is 0 Å². The number of hydrogen-bond acceptors (Lipinski definition) is 3. The van der Waals surface area contributed by atoms with Gasteiger partial charge in [0.05, 0.1) is 18.8 Å². The molecule has 0 saturated heterocycles. The molecule has 0 amide bonds. The maximum Gasteiger partial charge on any atom is 0.174 e. The average Bonchev–Trinajstić information content (AvgIpc) is 3.27. The monoisotopic (exact) mass is 406 g/mol. The number of nitrogens with one attached hydrogen (secondary N) is 1. The maximum atomic E-state index is 13.9. The predicted octanol–water partition coefficient (Wildman–Crippen LogP) is 3.77. The second-order valence-electron chi connectivity index (χ2n) is 6.02. The molecule has 2 heterocycles. The van der Waals surface area contributed by atoms with Crippen LogP contribution in [0.2, 0.25) is 5.02 Å². The van der Waals surface area contributed by atoms with Gasteiger partial charge in [-0.05, 0) is 37.3 Å². The van der Waals surface area contributed by atoms with Crippen molar-refractivity contribution in [3.63, 3.8) is 0 Å². The Hall–Kier alpha value is -2.45. The molecular formula is C18H20ClFN6S. The summed E-state index contributed by atoms with van der Waals surface area (Å²) < 4.78 is 17.5. The number of nitrogens with zero attached hydrogens (tertiary/aromatic N) is 5. The second kappa shape index (κ2) is 8.49. The van der Waals surface area contributed by atoms with Crippen molar-refractivity contribution in [1.82, 2.24) is 24.5 Å². The molecule has 0 atom stereocenters. The minimum Gasteiger partial charge on any atom is -0.346 e. The molecule has 0 radical (unpaired) electrons. The number of anilines is 1. The van der Waals surface area contributed by atoms with Crippen LogP contribution in [-0.2, 0) is 19.6 Å². The van der Waals surface area contributed by atoms with Crippen LogP contribution < -0.4 is 5.32 Å². The van der Waals surface area contributed by atoms with Crippen LogP contribution in [0, 0.1) is 5.82 Å². The van der Waals surface area contributed by atoms with E-state index in [-0.39, 0.29) is 12.4 Å². The fraction of sp³-hybridized carbons (Fsp3) is 0.278. The summed E-state index contributed by atoms with van der Waals surface area (Å²) in [6.45, 7) is 3.72. The van der Waals surface area contributed by atoms with Gasteiger partial charge in [-0.1, -0.05) is 17.7 Å². The van der Waals surface area contributed by atoms with Gasteiger partial charge < -0.3 is 10.2 Å². The minimum absolute atomic E-state index is 0.242. The van der Waals surface area contributed by atoms with Crippen LogP contribution in [0.3, 0.4) is 0 Å². The Morgan fingerprint density at radius 3 is 2.89 bits per heavy atom.